The van der Waals surface area contributed by atoms with Crippen molar-refractivity contribution in [3.8, 4) is 0 Å². The van der Waals surface area contributed by atoms with Gasteiger partial charge < -0.3 is 9.90 Å². The number of aryl methyl sites for hydroxylation is 1. The summed E-state index contributed by atoms with van der Waals surface area (Å²) in [4.78, 5) is 11.8. The van der Waals surface area contributed by atoms with Crippen molar-refractivity contribution < 1.29 is 18.3 Å². The van der Waals surface area contributed by atoms with E-state index in [9.17, 15) is 18.3 Å². The first-order valence-corrected chi connectivity index (χ1v) is 7.48. The molecule has 0 radical (unpaired) electrons. The molecule has 7 heteroatoms. The van der Waals surface area contributed by atoms with Crippen LogP contribution in [0.2, 0.25) is 0 Å². The third-order valence-electron chi connectivity index (χ3n) is 2.75. The molecule has 0 spiro atoms. The highest BCUT2D eigenvalue weighted by atomic mass is 32.2. The minimum atomic E-state index is -3.68. The van der Waals surface area contributed by atoms with Gasteiger partial charge in [-0.15, -0.1) is 11.3 Å². The number of carbonyl (C=O) groups excluding carboxylic acids is 1. The summed E-state index contributed by atoms with van der Waals surface area (Å²) in [6.45, 7) is 2.06. The van der Waals surface area contributed by atoms with E-state index in [1.54, 1.807) is 6.07 Å². The highest BCUT2D eigenvalue weighted by Gasteiger charge is 2.36. The number of carbonyl (C=O) groups is 1. The third-order valence-corrected chi connectivity index (χ3v) is 6.13. The summed E-state index contributed by atoms with van der Waals surface area (Å²) in [5.41, 5.74) is 0. The first-order chi connectivity index (χ1) is 7.93. The summed E-state index contributed by atoms with van der Waals surface area (Å²) >= 11 is 1.15. The number of sulfonamides is 1. The minimum absolute atomic E-state index is 0.197. The van der Waals surface area contributed by atoms with Gasteiger partial charge in [0.15, 0.2) is 0 Å². The number of nitrogens with zero attached hydrogens (tertiary/aromatic N) is 1. The van der Waals surface area contributed by atoms with Gasteiger partial charge in [-0.1, -0.05) is 0 Å². The Morgan fingerprint density at radius 3 is 2.76 bits per heavy atom. The highest BCUT2D eigenvalue weighted by Crippen LogP contribution is 2.29. The SMILES string of the molecule is Cc1ccc(S(=O)(=O)N2CCC[C@@H]2C(=O)[O-])s1. The van der Waals surface area contributed by atoms with Crippen LogP contribution < -0.4 is 5.11 Å². The monoisotopic (exact) mass is 274 g/mol. The third kappa shape index (κ3) is 2.22. The van der Waals surface area contributed by atoms with Gasteiger partial charge in [0.1, 0.15) is 4.21 Å². The molecule has 1 aromatic heterocycles. The zero-order valence-corrected chi connectivity index (χ0v) is 10.9. The molecular weight excluding hydrogens is 262 g/mol. The van der Waals surface area contributed by atoms with Crippen molar-refractivity contribution in [2.75, 3.05) is 6.54 Å². The summed E-state index contributed by atoms with van der Waals surface area (Å²) in [7, 11) is -3.68. The molecule has 0 amide bonds. The standard InChI is InChI=1S/C10H13NO4S2/c1-7-4-5-9(16-7)17(14,15)11-6-2-3-8(11)10(12)13/h4-5,8H,2-3,6H2,1H3,(H,12,13)/p-1/t8-/m1/s1. The van der Waals surface area contributed by atoms with E-state index in [-0.39, 0.29) is 10.8 Å². The van der Waals surface area contributed by atoms with Gasteiger partial charge in [0.25, 0.3) is 10.0 Å². The molecule has 0 aromatic carbocycles. The molecule has 0 saturated carbocycles. The van der Waals surface area contributed by atoms with Crippen molar-refractivity contribution in [1.82, 2.24) is 4.31 Å². The molecule has 0 bridgehead atoms. The predicted octanol–water partition coefficient (Wildman–Crippen LogP) is -0.0405. The fraction of sp³-hybridized carbons (Fsp3) is 0.500. The molecule has 0 N–H and O–H groups in total. The molecule has 2 heterocycles. The van der Waals surface area contributed by atoms with Crippen LogP contribution in [0.1, 0.15) is 17.7 Å². The lowest BCUT2D eigenvalue weighted by atomic mass is 10.2. The smallest absolute Gasteiger partial charge is 0.253 e. The molecule has 1 saturated heterocycles. The van der Waals surface area contributed by atoms with Gasteiger partial charge in [-0.2, -0.15) is 4.31 Å². The lowest BCUT2D eigenvalue weighted by Gasteiger charge is -2.23. The molecule has 1 aromatic rings. The Morgan fingerprint density at radius 2 is 2.24 bits per heavy atom. The largest absolute Gasteiger partial charge is 0.548 e. The minimum Gasteiger partial charge on any atom is -0.548 e. The molecule has 1 aliphatic heterocycles. The van der Waals surface area contributed by atoms with E-state index in [1.165, 1.54) is 6.07 Å². The van der Waals surface area contributed by atoms with E-state index in [2.05, 4.69) is 0 Å². The zero-order valence-electron chi connectivity index (χ0n) is 9.25. The highest BCUT2D eigenvalue weighted by molar-refractivity contribution is 7.91. The van der Waals surface area contributed by atoms with E-state index in [0.29, 0.717) is 12.8 Å². The predicted molar refractivity (Wildman–Crippen MR) is 61.0 cm³/mol. The van der Waals surface area contributed by atoms with Crippen LogP contribution in [0.3, 0.4) is 0 Å². The quantitative estimate of drug-likeness (QED) is 0.775. The fourth-order valence-electron chi connectivity index (χ4n) is 1.93. The maximum atomic E-state index is 12.2. The molecule has 5 nitrogen and oxygen atoms in total. The molecule has 1 fully saturated rings. The number of thiophene rings is 1. The molecule has 17 heavy (non-hydrogen) atoms. The fourth-order valence-corrected chi connectivity index (χ4v) is 4.99. The normalized spacial score (nSPS) is 21.8. The Bertz CT molecular complexity index is 534. The summed E-state index contributed by atoms with van der Waals surface area (Å²) in [5.74, 6) is -1.32. The number of carboxylic acid groups (broad SMARTS) is 1. The first kappa shape index (κ1) is 12.5. The number of aliphatic carboxylic acids is 1. The molecule has 2 rings (SSSR count). The second-order valence-electron chi connectivity index (χ2n) is 3.96. The maximum absolute atomic E-state index is 12.2. The van der Waals surface area contributed by atoms with Gasteiger partial charge in [0.2, 0.25) is 0 Å². The summed E-state index contributed by atoms with van der Waals surface area (Å²) in [6.07, 6.45) is 0.883. The van der Waals surface area contributed by atoms with Gasteiger partial charge in [-0.3, -0.25) is 0 Å². The Morgan fingerprint density at radius 1 is 1.53 bits per heavy atom. The van der Waals surface area contributed by atoms with Crippen LogP contribution in [-0.2, 0) is 14.8 Å². The van der Waals surface area contributed by atoms with Crippen LogP contribution in [0.5, 0.6) is 0 Å². The van der Waals surface area contributed by atoms with E-state index >= 15 is 0 Å². The van der Waals surface area contributed by atoms with Gasteiger partial charge in [-0.05, 0) is 31.9 Å². The zero-order chi connectivity index (χ0) is 12.6. The molecule has 94 valence electrons. The average Bonchev–Trinajstić information content (AvgIpc) is 2.84. The molecule has 1 atom stereocenters. The molecule has 0 unspecified atom stereocenters. The van der Waals surface area contributed by atoms with Crippen LogP contribution in [0.4, 0.5) is 0 Å². The Hall–Kier alpha value is -0.920. The van der Waals surface area contributed by atoms with Gasteiger partial charge in [0.05, 0.1) is 12.0 Å². The number of hydrogen-bond donors (Lipinski definition) is 0. The lowest BCUT2D eigenvalue weighted by Crippen LogP contribution is -2.46. The Labute approximate surface area is 104 Å². The van der Waals surface area contributed by atoms with E-state index in [1.807, 2.05) is 6.92 Å². The van der Waals surface area contributed by atoms with Crippen LogP contribution in [0.25, 0.3) is 0 Å². The maximum Gasteiger partial charge on any atom is 0.253 e. The van der Waals surface area contributed by atoms with Crippen molar-refractivity contribution in [3.63, 3.8) is 0 Å². The molecular formula is C10H12NO4S2-. The van der Waals surface area contributed by atoms with E-state index in [4.69, 9.17) is 0 Å². The first-order valence-electron chi connectivity index (χ1n) is 5.22. The van der Waals surface area contributed by atoms with Crippen LogP contribution in [0, 0.1) is 6.92 Å². The van der Waals surface area contributed by atoms with Crippen molar-refractivity contribution in [1.29, 1.82) is 0 Å². The van der Waals surface area contributed by atoms with Gasteiger partial charge in [-0.25, -0.2) is 8.42 Å². The van der Waals surface area contributed by atoms with E-state index in [0.717, 1.165) is 20.5 Å². The van der Waals surface area contributed by atoms with Crippen molar-refractivity contribution in [2.45, 2.75) is 30.0 Å². The second-order valence-corrected chi connectivity index (χ2v) is 7.36. The number of carboxylic acids is 1. The van der Waals surface area contributed by atoms with Crippen LogP contribution in [-0.4, -0.2) is 31.3 Å². The van der Waals surface area contributed by atoms with Gasteiger partial charge >= 0.3 is 0 Å². The van der Waals surface area contributed by atoms with Crippen LogP contribution in [0.15, 0.2) is 16.3 Å². The Kier molecular flexibility index (Phi) is 3.24. The number of hydrogen-bond acceptors (Lipinski definition) is 5. The van der Waals surface area contributed by atoms with Crippen molar-refractivity contribution in [3.05, 3.63) is 17.0 Å². The second kappa shape index (κ2) is 4.40. The summed E-state index contributed by atoms with van der Waals surface area (Å²) < 4.78 is 25.6. The summed E-state index contributed by atoms with van der Waals surface area (Å²) in [5, 5.41) is 10.9. The van der Waals surface area contributed by atoms with Crippen LogP contribution >= 0.6 is 11.3 Å². The van der Waals surface area contributed by atoms with Crippen molar-refractivity contribution >= 4 is 27.3 Å². The van der Waals surface area contributed by atoms with Crippen molar-refractivity contribution in [2.24, 2.45) is 0 Å². The lowest BCUT2D eigenvalue weighted by molar-refractivity contribution is -0.309. The van der Waals surface area contributed by atoms with Gasteiger partial charge in [0, 0.05) is 11.4 Å². The average molecular weight is 274 g/mol. The number of rotatable bonds is 3. The summed E-state index contributed by atoms with van der Waals surface area (Å²) in [6, 6.07) is 2.20. The topological polar surface area (TPSA) is 77.5 Å². The molecule has 1 aliphatic rings. The Balaban J connectivity index is 2.36. The molecule has 0 aliphatic carbocycles. The van der Waals surface area contributed by atoms with E-state index < -0.39 is 22.0 Å².